The number of aromatic nitrogens is 2. The molecule has 0 unspecified atom stereocenters. The highest BCUT2D eigenvalue weighted by Crippen LogP contribution is 2.23. The summed E-state index contributed by atoms with van der Waals surface area (Å²) in [5.41, 5.74) is 3.43. The molecule has 0 saturated heterocycles. The molecule has 0 saturated carbocycles. The van der Waals surface area contributed by atoms with Crippen molar-refractivity contribution in [3.63, 3.8) is 0 Å². The van der Waals surface area contributed by atoms with Crippen LogP contribution in [0.3, 0.4) is 0 Å². The van der Waals surface area contributed by atoms with E-state index in [1.54, 1.807) is 48.7 Å². The van der Waals surface area contributed by atoms with E-state index in [1.165, 1.54) is 12.1 Å². The zero-order valence-corrected chi connectivity index (χ0v) is 16.9. The zero-order valence-electron chi connectivity index (χ0n) is 16.9. The average Bonchev–Trinajstić information content (AvgIpc) is 2.79. The summed E-state index contributed by atoms with van der Waals surface area (Å²) >= 11 is 0. The number of hydrogen-bond acceptors (Lipinski definition) is 4. The smallest absolute Gasteiger partial charge is 0.251 e. The quantitative estimate of drug-likeness (QED) is 0.465. The molecule has 5 nitrogen and oxygen atoms in total. The van der Waals surface area contributed by atoms with Crippen LogP contribution in [0.5, 0.6) is 11.6 Å². The Balaban J connectivity index is 1.40. The molecule has 3 aromatic carbocycles. The summed E-state index contributed by atoms with van der Waals surface area (Å²) in [6, 6.07) is 22.4. The van der Waals surface area contributed by atoms with Gasteiger partial charge in [0.15, 0.2) is 5.82 Å². The first-order chi connectivity index (χ1) is 15.1. The van der Waals surface area contributed by atoms with Gasteiger partial charge in [-0.1, -0.05) is 29.8 Å². The Kier molecular flexibility index (Phi) is 5.98. The lowest BCUT2D eigenvalue weighted by molar-refractivity contribution is 0.0951. The SMILES string of the molecule is Cc1cccc(CNC(=O)c2ccc(Oc3ccnc(-c4ccc(F)cc4)n3)cc2)c1. The Labute approximate surface area is 179 Å². The minimum absolute atomic E-state index is 0.159. The van der Waals surface area contributed by atoms with Crippen molar-refractivity contribution in [2.75, 3.05) is 0 Å². The normalized spacial score (nSPS) is 10.5. The van der Waals surface area contributed by atoms with Crippen LogP contribution in [0.2, 0.25) is 0 Å². The Bertz CT molecular complexity index is 1190. The molecule has 0 fully saturated rings. The molecule has 0 aliphatic carbocycles. The van der Waals surface area contributed by atoms with Crippen LogP contribution in [0.1, 0.15) is 21.5 Å². The van der Waals surface area contributed by atoms with Gasteiger partial charge in [-0.3, -0.25) is 4.79 Å². The van der Waals surface area contributed by atoms with Gasteiger partial charge >= 0.3 is 0 Å². The third kappa shape index (κ3) is 5.30. The Morgan fingerprint density at radius 1 is 1.00 bits per heavy atom. The summed E-state index contributed by atoms with van der Waals surface area (Å²) < 4.78 is 18.9. The second-order valence-corrected chi connectivity index (χ2v) is 7.02. The monoisotopic (exact) mass is 413 g/mol. The summed E-state index contributed by atoms with van der Waals surface area (Å²) in [5.74, 6) is 0.850. The Morgan fingerprint density at radius 3 is 2.52 bits per heavy atom. The number of amides is 1. The first-order valence-corrected chi connectivity index (χ1v) is 9.77. The fourth-order valence-electron chi connectivity index (χ4n) is 3.04. The van der Waals surface area contributed by atoms with E-state index >= 15 is 0 Å². The highest BCUT2D eigenvalue weighted by Gasteiger charge is 2.08. The summed E-state index contributed by atoms with van der Waals surface area (Å²) in [6.07, 6.45) is 1.58. The zero-order chi connectivity index (χ0) is 21.6. The van der Waals surface area contributed by atoms with Gasteiger partial charge in [0.25, 0.3) is 5.91 Å². The number of carbonyl (C=O) groups excluding carboxylic acids is 1. The lowest BCUT2D eigenvalue weighted by Crippen LogP contribution is -2.22. The third-order valence-electron chi connectivity index (χ3n) is 4.61. The van der Waals surface area contributed by atoms with E-state index in [0.29, 0.717) is 35.1 Å². The number of carbonyl (C=O) groups is 1. The van der Waals surface area contributed by atoms with E-state index in [1.807, 2.05) is 31.2 Å². The van der Waals surface area contributed by atoms with Gasteiger partial charge in [0.05, 0.1) is 0 Å². The van der Waals surface area contributed by atoms with Crippen LogP contribution in [0.4, 0.5) is 4.39 Å². The van der Waals surface area contributed by atoms with E-state index in [9.17, 15) is 9.18 Å². The number of halogens is 1. The summed E-state index contributed by atoms with van der Waals surface area (Å²) in [4.78, 5) is 21.0. The second-order valence-electron chi connectivity index (χ2n) is 7.02. The van der Waals surface area contributed by atoms with Gasteiger partial charge in [0, 0.05) is 29.9 Å². The Morgan fingerprint density at radius 2 is 1.77 bits per heavy atom. The van der Waals surface area contributed by atoms with Crippen LogP contribution in [-0.4, -0.2) is 15.9 Å². The maximum Gasteiger partial charge on any atom is 0.251 e. The fourth-order valence-corrected chi connectivity index (χ4v) is 3.04. The van der Waals surface area contributed by atoms with Crippen LogP contribution in [0, 0.1) is 12.7 Å². The molecule has 0 atom stereocenters. The number of aryl methyl sites for hydroxylation is 1. The third-order valence-corrected chi connectivity index (χ3v) is 4.61. The average molecular weight is 413 g/mol. The summed E-state index contributed by atoms with van der Waals surface area (Å²) in [7, 11) is 0. The molecule has 4 aromatic rings. The minimum Gasteiger partial charge on any atom is -0.439 e. The number of nitrogens with one attached hydrogen (secondary N) is 1. The molecule has 1 N–H and O–H groups in total. The van der Waals surface area contributed by atoms with Crippen molar-refractivity contribution in [1.29, 1.82) is 0 Å². The van der Waals surface area contributed by atoms with E-state index in [4.69, 9.17) is 4.74 Å². The molecule has 1 heterocycles. The summed E-state index contributed by atoms with van der Waals surface area (Å²) in [6.45, 7) is 2.48. The van der Waals surface area contributed by atoms with Gasteiger partial charge in [0.1, 0.15) is 11.6 Å². The number of benzene rings is 3. The standard InChI is InChI=1S/C25H20FN3O2/c1-17-3-2-4-18(15-17)16-28-25(30)20-7-11-22(12-8-20)31-23-13-14-27-24(29-23)19-5-9-21(26)10-6-19/h2-15H,16H2,1H3,(H,28,30). The van der Waals surface area contributed by atoms with E-state index in [-0.39, 0.29) is 11.7 Å². The second kappa shape index (κ2) is 9.17. The molecule has 0 bridgehead atoms. The van der Waals surface area contributed by atoms with E-state index < -0.39 is 0 Å². The highest BCUT2D eigenvalue weighted by atomic mass is 19.1. The molecular formula is C25H20FN3O2. The Hall–Kier alpha value is -4.06. The van der Waals surface area contributed by atoms with Gasteiger partial charge in [-0.15, -0.1) is 0 Å². The number of rotatable bonds is 6. The van der Waals surface area contributed by atoms with Crippen molar-refractivity contribution in [1.82, 2.24) is 15.3 Å². The lowest BCUT2D eigenvalue weighted by Gasteiger charge is -2.08. The maximum atomic E-state index is 13.1. The van der Waals surface area contributed by atoms with Crippen LogP contribution in [0.15, 0.2) is 85.1 Å². The van der Waals surface area contributed by atoms with E-state index in [0.717, 1.165) is 11.1 Å². The van der Waals surface area contributed by atoms with Gasteiger partial charge in [-0.25, -0.2) is 9.37 Å². The predicted molar refractivity (Wildman–Crippen MR) is 116 cm³/mol. The van der Waals surface area contributed by atoms with Crippen molar-refractivity contribution in [3.05, 3.63) is 108 Å². The number of hydrogen-bond donors (Lipinski definition) is 1. The van der Waals surface area contributed by atoms with Gasteiger partial charge in [0.2, 0.25) is 5.88 Å². The lowest BCUT2D eigenvalue weighted by atomic mass is 10.1. The molecule has 6 heteroatoms. The number of ether oxygens (including phenoxy) is 1. The first kappa shape index (κ1) is 20.2. The van der Waals surface area contributed by atoms with E-state index in [2.05, 4.69) is 15.3 Å². The van der Waals surface area contributed by atoms with Gasteiger partial charge in [-0.05, 0) is 61.0 Å². The van der Waals surface area contributed by atoms with Crippen LogP contribution >= 0.6 is 0 Å². The molecule has 0 radical (unpaired) electrons. The molecule has 0 spiro atoms. The van der Waals surface area contributed by atoms with Crippen LogP contribution in [-0.2, 0) is 6.54 Å². The molecule has 4 rings (SSSR count). The molecule has 0 aliphatic heterocycles. The van der Waals surface area contributed by atoms with Crippen LogP contribution < -0.4 is 10.1 Å². The minimum atomic E-state index is -0.320. The molecule has 1 aromatic heterocycles. The molecule has 31 heavy (non-hydrogen) atoms. The van der Waals surface area contributed by atoms with Gasteiger partial charge in [-0.2, -0.15) is 4.98 Å². The summed E-state index contributed by atoms with van der Waals surface area (Å²) in [5, 5.41) is 2.91. The largest absolute Gasteiger partial charge is 0.439 e. The van der Waals surface area contributed by atoms with Crippen molar-refractivity contribution in [2.45, 2.75) is 13.5 Å². The van der Waals surface area contributed by atoms with Crippen molar-refractivity contribution in [2.24, 2.45) is 0 Å². The van der Waals surface area contributed by atoms with Gasteiger partial charge < -0.3 is 10.1 Å². The van der Waals surface area contributed by atoms with Crippen molar-refractivity contribution in [3.8, 4) is 23.0 Å². The van der Waals surface area contributed by atoms with Crippen molar-refractivity contribution < 1.29 is 13.9 Å². The first-order valence-electron chi connectivity index (χ1n) is 9.77. The molecular weight excluding hydrogens is 393 g/mol. The number of nitrogens with zero attached hydrogens (tertiary/aromatic N) is 2. The molecule has 0 aliphatic rings. The topological polar surface area (TPSA) is 64.1 Å². The highest BCUT2D eigenvalue weighted by molar-refractivity contribution is 5.94. The molecule has 154 valence electrons. The molecule has 1 amide bonds. The van der Waals surface area contributed by atoms with Crippen LogP contribution in [0.25, 0.3) is 11.4 Å². The predicted octanol–water partition coefficient (Wildman–Crippen LogP) is 5.31. The maximum absolute atomic E-state index is 13.1. The fraction of sp³-hybridized carbons (Fsp3) is 0.0800. The van der Waals surface area contributed by atoms with Crippen molar-refractivity contribution >= 4 is 5.91 Å².